The molecule has 0 saturated carbocycles. The Labute approximate surface area is 151 Å². The van der Waals surface area contributed by atoms with E-state index in [1.807, 2.05) is 34.6 Å². The van der Waals surface area contributed by atoms with Crippen molar-refractivity contribution in [2.75, 3.05) is 19.1 Å². The first-order chi connectivity index (χ1) is 12.1. The summed E-state index contributed by atoms with van der Waals surface area (Å²) in [5, 5.41) is 8.79. The predicted octanol–water partition coefficient (Wildman–Crippen LogP) is 2.73. The lowest BCUT2D eigenvalue weighted by Gasteiger charge is -2.21. The van der Waals surface area contributed by atoms with E-state index in [1.165, 1.54) is 11.8 Å². The number of benzene rings is 1. The third kappa shape index (κ3) is 4.07. The highest BCUT2D eigenvalue weighted by Crippen LogP contribution is 2.32. The molecule has 2 aromatic rings. The van der Waals surface area contributed by atoms with E-state index in [9.17, 15) is 4.79 Å². The number of aromatic nitrogens is 3. The first kappa shape index (κ1) is 17.6. The number of hydrogen-bond acceptors (Lipinski definition) is 6. The number of ether oxygens (including phenoxy) is 2. The van der Waals surface area contributed by atoms with Crippen LogP contribution < -0.4 is 9.47 Å². The number of fused-ring (bicyclic) bond motifs is 1. The van der Waals surface area contributed by atoms with Crippen molar-refractivity contribution < 1.29 is 14.3 Å². The zero-order chi connectivity index (χ0) is 17.8. The molecule has 8 heteroatoms. The van der Waals surface area contributed by atoms with E-state index in [1.54, 1.807) is 6.33 Å². The molecule has 0 unspecified atom stereocenters. The number of nitrogens with zero attached hydrogens (tertiary/aromatic N) is 4. The molecule has 1 aromatic heterocycles. The lowest BCUT2D eigenvalue weighted by molar-refractivity contribution is -0.128. The van der Waals surface area contributed by atoms with Crippen molar-refractivity contribution >= 4 is 17.7 Å². The smallest absolute Gasteiger partial charge is 0.233 e. The summed E-state index contributed by atoms with van der Waals surface area (Å²) in [5.41, 5.74) is 1.02. The minimum Gasteiger partial charge on any atom is -0.454 e. The van der Waals surface area contributed by atoms with Crippen LogP contribution in [0.2, 0.25) is 0 Å². The van der Waals surface area contributed by atoms with Gasteiger partial charge in [-0.3, -0.25) is 4.79 Å². The second-order valence-corrected chi connectivity index (χ2v) is 6.94. The van der Waals surface area contributed by atoms with Crippen LogP contribution in [-0.4, -0.2) is 44.7 Å². The summed E-state index contributed by atoms with van der Waals surface area (Å²) < 4.78 is 12.7. The molecule has 0 N–H and O–H groups in total. The fourth-order valence-electron chi connectivity index (χ4n) is 2.54. The largest absolute Gasteiger partial charge is 0.454 e. The molecule has 7 nitrogen and oxygen atoms in total. The summed E-state index contributed by atoms with van der Waals surface area (Å²) in [6.45, 7) is 7.54. The van der Waals surface area contributed by atoms with Gasteiger partial charge in [0, 0.05) is 19.1 Å². The van der Waals surface area contributed by atoms with E-state index in [-0.39, 0.29) is 18.7 Å². The quantitative estimate of drug-likeness (QED) is 0.706. The van der Waals surface area contributed by atoms with Gasteiger partial charge in [-0.15, -0.1) is 10.2 Å². The molecule has 0 aliphatic carbocycles. The van der Waals surface area contributed by atoms with Crippen LogP contribution in [0.5, 0.6) is 11.5 Å². The SMILES string of the molecule is CCN(Cc1ccc2c(c1)OCO2)C(=O)CSc1nncn1C(C)C. The van der Waals surface area contributed by atoms with Crippen LogP contribution in [-0.2, 0) is 11.3 Å². The minimum absolute atomic E-state index is 0.0727. The van der Waals surface area contributed by atoms with Gasteiger partial charge in [0.25, 0.3) is 0 Å². The highest BCUT2D eigenvalue weighted by molar-refractivity contribution is 7.99. The van der Waals surface area contributed by atoms with Crippen molar-refractivity contribution in [2.24, 2.45) is 0 Å². The van der Waals surface area contributed by atoms with Crippen molar-refractivity contribution in [1.82, 2.24) is 19.7 Å². The number of carbonyl (C=O) groups excluding carboxylic acids is 1. The van der Waals surface area contributed by atoms with E-state index in [0.29, 0.717) is 18.8 Å². The van der Waals surface area contributed by atoms with E-state index < -0.39 is 0 Å². The van der Waals surface area contributed by atoms with Gasteiger partial charge in [-0.25, -0.2) is 0 Å². The molecule has 1 aromatic carbocycles. The average Bonchev–Trinajstić information content (AvgIpc) is 3.25. The van der Waals surface area contributed by atoms with Gasteiger partial charge in [-0.2, -0.15) is 0 Å². The molecule has 1 aliphatic rings. The molecule has 2 heterocycles. The standard InChI is InChI=1S/C17H22N4O3S/c1-4-20(8-13-5-6-14-15(7-13)24-11-23-14)16(22)9-25-17-19-18-10-21(17)12(2)3/h5-7,10,12H,4,8-9,11H2,1-3H3. The van der Waals surface area contributed by atoms with Crippen LogP contribution >= 0.6 is 11.8 Å². The number of thioether (sulfide) groups is 1. The minimum atomic E-state index is 0.0727. The van der Waals surface area contributed by atoms with E-state index in [4.69, 9.17) is 9.47 Å². The number of amides is 1. The maximum Gasteiger partial charge on any atom is 0.233 e. The summed E-state index contributed by atoms with van der Waals surface area (Å²) in [4.78, 5) is 14.4. The van der Waals surface area contributed by atoms with Crippen LogP contribution in [0, 0.1) is 0 Å². The normalized spacial score (nSPS) is 12.6. The first-order valence-electron chi connectivity index (χ1n) is 8.27. The molecular weight excluding hydrogens is 340 g/mol. The summed E-state index contributed by atoms with van der Waals surface area (Å²) in [6, 6.07) is 6.05. The Morgan fingerprint density at radius 2 is 2.16 bits per heavy atom. The average molecular weight is 362 g/mol. The maximum absolute atomic E-state index is 12.6. The summed E-state index contributed by atoms with van der Waals surface area (Å²) in [6.07, 6.45) is 1.70. The molecule has 0 bridgehead atoms. The Morgan fingerprint density at radius 3 is 2.92 bits per heavy atom. The fourth-order valence-corrected chi connectivity index (χ4v) is 3.49. The Morgan fingerprint density at radius 1 is 1.36 bits per heavy atom. The van der Waals surface area contributed by atoms with Crippen LogP contribution in [0.15, 0.2) is 29.7 Å². The van der Waals surface area contributed by atoms with Gasteiger partial charge >= 0.3 is 0 Å². The van der Waals surface area contributed by atoms with E-state index >= 15 is 0 Å². The first-order valence-corrected chi connectivity index (χ1v) is 9.25. The molecule has 0 saturated heterocycles. The Hall–Kier alpha value is -2.22. The fraction of sp³-hybridized carbons (Fsp3) is 0.471. The van der Waals surface area contributed by atoms with Gasteiger partial charge in [0.2, 0.25) is 12.7 Å². The van der Waals surface area contributed by atoms with E-state index in [0.717, 1.165) is 22.2 Å². The zero-order valence-electron chi connectivity index (χ0n) is 14.6. The van der Waals surface area contributed by atoms with Crippen LogP contribution in [0.3, 0.4) is 0 Å². The topological polar surface area (TPSA) is 69.5 Å². The lowest BCUT2D eigenvalue weighted by atomic mass is 10.2. The van der Waals surface area contributed by atoms with Gasteiger partial charge in [-0.05, 0) is 38.5 Å². The Kier molecular flexibility index (Phi) is 5.47. The third-order valence-corrected chi connectivity index (χ3v) is 4.91. The third-order valence-electron chi connectivity index (χ3n) is 3.97. The monoisotopic (exact) mass is 362 g/mol. The molecule has 134 valence electrons. The van der Waals surface area contributed by atoms with Crippen molar-refractivity contribution in [1.29, 1.82) is 0 Å². The summed E-state index contributed by atoms with van der Waals surface area (Å²) >= 11 is 1.42. The van der Waals surface area contributed by atoms with Crippen molar-refractivity contribution in [3.05, 3.63) is 30.1 Å². The molecule has 0 spiro atoms. The van der Waals surface area contributed by atoms with Gasteiger partial charge in [0.1, 0.15) is 6.33 Å². The molecule has 1 amide bonds. The molecule has 1 aliphatic heterocycles. The number of hydrogen-bond donors (Lipinski definition) is 0. The number of rotatable bonds is 7. The molecule has 0 atom stereocenters. The van der Waals surface area contributed by atoms with Crippen molar-refractivity contribution in [3.8, 4) is 11.5 Å². The van der Waals surface area contributed by atoms with Gasteiger partial charge in [-0.1, -0.05) is 17.8 Å². The van der Waals surface area contributed by atoms with Gasteiger partial charge in [0.05, 0.1) is 5.75 Å². The Bertz CT molecular complexity index is 747. The second-order valence-electron chi connectivity index (χ2n) is 6.00. The van der Waals surface area contributed by atoms with E-state index in [2.05, 4.69) is 24.0 Å². The summed E-state index contributed by atoms with van der Waals surface area (Å²) in [5.74, 6) is 1.90. The van der Waals surface area contributed by atoms with Crippen LogP contribution in [0.1, 0.15) is 32.4 Å². The molecule has 0 fully saturated rings. The van der Waals surface area contributed by atoms with Crippen molar-refractivity contribution in [3.63, 3.8) is 0 Å². The van der Waals surface area contributed by atoms with Gasteiger partial charge in [0.15, 0.2) is 16.7 Å². The second kappa shape index (κ2) is 7.77. The lowest BCUT2D eigenvalue weighted by Crippen LogP contribution is -2.31. The zero-order valence-corrected chi connectivity index (χ0v) is 15.5. The molecule has 0 radical (unpaired) electrons. The summed E-state index contributed by atoms with van der Waals surface area (Å²) in [7, 11) is 0. The molecule has 25 heavy (non-hydrogen) atoms. The highest BCUT2D eigenvalue weighted by Gasteiger charge is 2.18. The highest BCUT2D eigenvalue weighted by atomic mass is 32.2. The van der Waals surface area contributed by atoms with Crippen LogP contribution in [0.25, 0.3) is 0 Å². The predicted molar refractivity (Wildman–Crippen MR) is 94.8 cm³/mol. The molecular formula is C17H22N4O3S. The number of carbonyl (C=O) groups is 1. The van der Waals surface area contributed by atoms with Gasteiger partial charge < -0.3 is 18.9 Å². The Balaban J connectivity index is 1.60. The van der Waals surface area contributed by atoms with Crippen LogP contribution in [0.4, 0.5) is 0 Å². The maximum atomic E-state index is 12.6. The molecule has 3 rings (SSSR count). The van der Waals surface area contributed by atoms with Crippen molar-refractivity contribution in [2.45, 2.75) is 38.5 Å².